The lowest BCUT2D eigenvalue weighted by atomic mass is 10.1. The van der Waals surface area contributed by atoms with Crippen LogP contribution in [0.15, 0.2) is 39.9 Å². The summed E-state index contributed by atoms with van der Waals surface area (Å²) >= 11 is 1.38. The third kappa shape index (κ3) is 2.36. The van der Waals surface area contributed by atoms with Crippen molar-refractivity contribution in [2.75, 3.05) is 18.0 Å². The minimum absolute atomic E-state index is 0.292. The van der Waals surface area contributed by atoms with Crippen LogP contribution in [-0.2, 0) is 7.05 Å². The van der Waals surface area contributed by atoms with E-state index in [0.717, 1.165) is 31.1 Å². The fourth-order valence-electron chi connectivity index (χ4n) is 3.12. The number of nitrogens with zero attached hydrogens (tertiary/aromatic N) is 4. The number of thiazole rings is 1. The van der Waals surface area contributed by atoms with Crippen molar-refractivity contribution in [1.29, 1.82) is 0 Å². The van der Waals surface area contributed by atoms with Crippen molar-refractivity contribution in [1.82, 2.24) is 14.1 Å². The second kappa shape index (κ2) is 5.90. The van der Waals surface area contributed by atoms with Gasteiger partial charge in [-0.25, -0.2) is 14.3 Å². The molecule has 3 heterocycles. The summed E-state index contributed by atoms with van der Waals surface area (Å²) in [5, 5.41) is 0.836. The Labute approximate surface area is 142 Å². The fraction of sp³-hybridized carbons (Fsp3) is 0.353. The molecular weight excluding hydrogens is 324 g/mol. The highest BCUT2D eigenvalue weighted by molar-refractivity contribution is 7.22. The van der Waals surface area contributed by atoms with Crippen molar-refractivity contribution in [3.63, 3.8) is 0 Å². The van der Waals surface area contributed by atoms with Gasteiger partial charge >= 0.3 is 5.69 Å². The molecule has 0 saturated carbocycles. The van der Waals surface area contributed by atoms with Gasteiger partial charge in [0.25, 0.3) is 5.56 Å². The van der Waals surface area contributed by atoms with Crippen LogP contribution < -0.4 is 16.1 Å². The third-order valence-electron chi connectivity index (χ3n) is 4.43. The smallest absolute Gasteiger partial charge is 0.337 e. The predicted molar refractivity (Wildman–Crippen MR) is 96.5 cm³/mol. The molecule has 24 heavy (non-hydrogen) atoms. The number of anilines is 1. The van der Waals surface area contributed by atoms with E-state index in [1.807, 2.05) is 18.2 Å². The van der Waals surface area contributed by atoms with Gasteiger partial charge < -0.3 is 4.90 Å². The molecule has 6 nitrogen and oxygen atoms in total. The maximum absolute atomic E-state index is 12.9. The third-order valence-corrected chi connectivity index (χ3v) is 5.53. The molecule has 1 fully saturated rings. The molecule has 0 atom stereocenters. The molecule has 1 saturated heterocycles. The lowest BCUT2D eigenvalue weighted by Crippen LogP contribution is -2.37. The lowest BCUT2D eigenvalue weighted by Gasteiger charge is -2.25. The SMILES string of the molecule is Cn1c(=O)n(-c2ccccc2)c(=O)c2sc(N3CCCCC3)nc21. The van der Waals surface area contributed by atoms with E-state index in [0.29, 0.717) is 16.0 Å². The first-order valence-electron chi connectivity index (χ1n) is 8.10. The summed E-state index contributed by atoms with van der Waals surface area (Å²) in [6.07, 6.45) is 3.52. The molecule has 1 aliphatic rings. The number of para-hydroxylation sites is 1. The van der Waals surface area contributed by atoms with E-state index in [4.69, 9.17) is 0 Å². The van der Waals surface area contributed by atoms with Crippen LogP contribution in [0.4, 0.5) is 5.13 Å². The van der Waals surface area contributed by atoms with Crippen LogP contribution in [0, 0.1) is 0 Å². The molecule has 0 spiro atoms. The van der Waals surface area contributed by atoms with Gasteiger partial charge in [-0.05, 0) is 31.4 Å². The average molecular weight is 342 g/mol. The van der Waals surface area contributed by atoms with Gasteiger partial charge in [0.05, 0.1) is 5.69 Å². The van der Waals surface area contributed by atoms with E-state index >= 15 is 0 Å². The molecule has 0 unspecified atom stereocenters. The van der Waals surface area contributed by atoms with Crippen molar-refractivity contribution >= 4 is 26.8 Å². The van der Waals surface area contributed by atoms with E-state index in [-0.39, 0.29) is 11.2 Å². The number of aromatic nitrogens is 3. The Hall–Kier alpha value is -2.41. The molecule has 0 N–H and O–H groups in total. The number of aryl methyl sites for hydroxylation is 1. The van der Waals surface area contributed by atoms with Crippen molar-refractivity contribution in [3.05, 3.63) is 51.2 Å². The predicted octanol–water partition coefficient (Wildman–Crippen LogP) is 2.14. The molecule has 124 valence electrons. The molecule has 0 radical (unpaired) electrons. The van der Waals surface area contributed by atoms with Crippen LogP contribution in [0.3, 0.4) is 0 Å². The first kappa shape index (κ1) is 15.1. The van der Waals surface area contributed by atoms with Gasteiger partial charge in [0, 0.05) is 20.1 Å². The highest BCUT2D eigenvalue weighted by Crippen LogP contribution is 2.28. The Balaban J connectivity index is 1.94. The largest absolute Gasteiger partial charge is 0.348 e. The van der Waals surface area contributed by atoms with Crippen LogP contribution in [0.1, 0.15) is 19.3 Å². The second-order valence-electron chi connectivity index (χ2n) is 6.01. The van der Waals surface area contributed by atoms with E-state index in [1.54, 1.807) is 19.2 Å². The van der Waals surface area contributed by atoms with E-state index in [9.17, 15) is 9.59 Å². The maximum Gasteiger partial charge on any atom is 0.337 e. The van der Waals surface area contributed by atoms with Gasteiger partial charge in [0.2, 0.25) is 0 Å². The minimum atomic E-state index is -0.366. The fourth-order valence-corrected chi connectivity index (χ4v) is 4.20. The van der Waals surface area contributed by atoms with E-state index < -0.39 is 0 Å². The summed E-state index contributed by atoms with van der Waals surface area (Å²) in [5.41, 5.74) is 0.398. The number of rotatable bonds is 2. The average Bonchev–Trinajstić information content (AvgIpc) is 3.08. The van der Waals surface area contributed by atoms with Gasteiger partial charge in [-0.3, -0.25) is 9.36 Å². The lowest BCUT2D eigenvalue weighted by molar-refractivity contribution is 0.577. The number of hydrogen-bond donors (Lipinski definition) is 0. The Kier molecular flexibility index (Phi) is 3.72. The first-order chi connectivity index (χ1) is 11.7. The topological polar surface area (TPSA) is 60.1 Å². The quantitative estimate of drug-likeness (QED) is 0.716. The summed E-state index contributed by atoms with van der Waals surface area (Å²) in [6.45, 7) is 1.92. The number of piperidine rings is 1. The molecule has 4 rings (SSSR count). The molecule has 0 aliphatic carbocycles. The molecular formula is C17H18N4O2S. The normalized spacial score (nSPS) is 15.1. The molecule has 2 aromatic heterocycles. The van der Waals surface area contributed by atoms with Gasteiger partial charge in [-0.1, -0.05) is 29.5 Å². The monoisotopic (exact) mass is 342 g/mol. The summed E-state index contributed by atoms with van der Waals surface area (Å²) < 4.78 is 3.22. The zero-order valence-corrected chi connectivity index (χ0v) is 14.3. The Morgan fingerprint density at radius 3 is 2.46 bits per heavy atom. The van der Waals surface area contributed by atoms with Crippen molar-refractivity contribution in [2.24, 2.45) is 7.05 Å². The maximum atomic E-state index is 12.9. The van der Waals surface area contributed by atoms with Crippen LogP contribution in [-0.4, -0.2) is 27.2 Å². The second-order valence-corrected chi connectivity index (χ2v) is 6.99. The van der Waals surface area contributed by atoms with Crippen LogP contribution >= 0.6 is 11.3 Å². The Morgan fingerprint density at radius 2 is 1.75 bits per heavy atom. The van der Waals surface area contributed by atoms with E-state index in [1.165, 1.54) is 26.9 Å². The summed E-state index contributed by atoms with van der Waals surface area (Å²) in [7, 11) is 1.67. The number of fused-ring (bicyclic) bond motifs is 1. The van der Waals surface area contributed by atoms with Crippen molar-refractivity contribution in [3.8, 4) is 5.69 Å². The van der Waals surface area contributed by atoms with Gasteiger partial charge in [-0.15, -0.1) is 0 Å². The van der Waals surface area contributed by atoms with Crippen molar-refractivity contribution in [2.45, 2.75) is 19.3 Å². The molecule has 0 amide bonds. The van der Waals surface area contributed by atoms with Gasteiger partial charge in [0.15, 0.2) is 10.8 Å². The molecule has 7 heteroatoms. The Bertz CT molecular complexity index is 997. The zero-order chi connectivity index (χ0) is 16.7. The molecule has 1 aromatic carbocycles. The van der Waals surface area contributed by atoms with Crippen molar-refractivity contribution < 1.29 is 0 Å². The minimum Gasteiger partial charge on any atom is -0.348 e. The molecule has 3 aromatic rings. The highest BCUT2D eigenvalue weighted by Gasteiger charge is 2.20. The standard InChI is InChI=1S/C17H18N4O2S/c1-19-14-13(24-16(18-14)20-10-6-3-7-11-20)15(22)21(17(19)23)12-8-4-2-5-9-12/h2,4-5,8-9H,3,6-7,10-11H2,1H3. The number of hydrogen-bond acceptors (Lipinski definition) is 5. The highest BCUT2D eigenvalue weighted by atomic mass is 32.1. The zero-order valence-electron chi connectivity index (χ0n) is 13.4. The summed E-state index contributed by atoms with van der Waals surface area (Å²) in [6, 6.07) is 9.02. The van der Waals surface area contributed by atoms with Gasteiger partial charge in [0.1, 0.15) is 4.70 Å². The summed E-state index contributed by atoms with van der Waals surface area (Å²) in [4.78, 5) is 32.4. The Morgan fingerprint density at radius 1 is 1.04 bits per heavy atom. The van der Waals surface area contributed by atoms with Crippen LogP contribution in [0.5, 0.6) is 0 Å². The number of benzene rings is 1. The van der Waals surface area contributed by atoms with Gasteiger partial charge in [-0.2, -0.15) is 0 Å². The molecule has 1 aliphatic heterocycles. The van der Waals surface area contributed by atoms with E-state index in [2.05, 4.69) is 9.88 Å². The summed E-state index contributed by atoms with van der Waals surface area (Å²) in [5.74, 6) is 0. The van der Waals surface area contributed by atoms with Crippen LogP contribution in [0.25, 0.3) is 16.0 Å². The van der Waals surface area contributed by atoms with Crippen LogP contribution in [0.2, 0.25) is 0 Å². The first-order valence-corrected chi connectivity index (χ1v) is 8.91. The molecule has 0 bridgehead atoms.